The number of hydrogen-bond donors (Lipinski definition) is 0. The molecule has 0 aromatic heterocycles. The van der Waals surface area contributed by atoms with Crippen molar-refractivity contribution in [2.45, 2.75) is 77.0 Å². The maximum Gasteiger partial charge on any atom is 0.122 e. The van der Waals surface area contributed by atoms with E-state index in [1.807, 2.05) is 6.08 Å². The van der Waals surface area contributed by atoms with Gasteiger partial charge in [0.25, 0.3) is 0 Å². The van der Waals surface area contributed by atoms with Crippen LogP contribution in [0.15, 0.2) is 67.8 Å². The number of ether oxygens (including phenoxy) is 1. The summed E-state index contributed by atoms with van der Waals surface area (Å²) in [4.78, 5) is 0. The van der Waals surface area contributed by atoms with Crippen molar-refractivity contribution in [1.29, 1.82) is 0 Å². The summed E-state index contributed by atoms with van der Waals surface area (Å²) in [5, 5.41) is 0. The van der Waals surface area contributed by atoms with Crippen molar-refractivity contribution in [3.05, 3.63) is 90.0 Å². The van der Waals surface area contributed by atoms with Gasteiger partial charge in [-0.15, -0.1) is 6.58 Å². The fourth-order valence-electron chi connectivity index (χ4n) is 4.85. The third-order valence-electron chi connectivity index (χ3n) is 6.74. The van der Waals surface area contributed by atoms with Crippen LogP contribution < -0.4 is 4.74 Å². The topological polar surface area (TPSA) is 9.23 Å². The van der Waals surface area contributed by atoms with Gasteiger partial charge in [0.1, 0.15) is 12.4 Å². The van der Waals surface area contributed by atoms with Gasteiger partial charge in [0.15, 0.2) is 0 Å². The van der Waals surface area contributed by atoms with Crippen molar-refractivity contribution in [2.24, 2.45) is 5.92 Å². The lowest BCUT2D eigenvalue weighted by molar-refractivity contribution is 0.359. The van der Waals surface area contributed by atoms with Gasteiger partial charge in [-0.25, -0.2) is 0 Å². The highest BCUT2D eigenvalue weighted by molar-refractivity contribution is 5.37. The monoisotopic (exact) mass is 416 g/mol. The predicted octanol–water partition coefficient (Wildman–Crippen LogP) is 8.23. The van der Waals surface area contributed by atoms with Gasteiger partial charge in [0, 0.05) is 0 Å². The fraction of sp³-hybridized carbons (Fsp3) is 0.467. The minimum atomic E-state index is 0.574. The quantitative estimate of drug-likeness (QED) is 0.250. The van der Waals surface area contributed by atoms with Crippen LogP contribution in [0.3, 0.4) is 0 Å². The van der Waals surface area contributed by atoms with Gasteiger partial charge < -0.3 is 4.74 Å². The average molecular weight is 417 g/mol. The van der Waals surface area contributed by atoms with E-state index in [2.05, 4.69) is 68.6 Å². The molecule has 0 radical (unpaired) electrons. The number of aryl methyl sites for hydroxylation is 3. The summed E-state index contributed by atoms with van der Waals surface area (Å²) in [5.74, 6) is 2.51. The summed E-state index contributed by atoms with van der Waals surface area (Å²) in [6.45, 7) is 10.5. The van der Waals surface area contributed by atoms with Gasteiger partial charge in [-0.3, -0.25) is 0 Å². The van der Waals surface area contributed by atoms with Crippen molar-refractivity contribution in [1.82, 2.24) is 0 Å². The van der Waals surface area contributed by atoms with Crippen LogP contribution in [-0.2, 0) is 19.3 Å². The molecule has 0 heterocycles. The van der Waals surface area contributed by atoms with Crippen LogP contribution >= 0.6 is 0 Å². The Bertz CT molecular complexity index is 809. The van der Waals surface area contributed by atoms with Gasteiger partial charge in [-0.05, 0) is 97.9 Å². The first-order valence-corrected chi connectivity index (χ1v) is 12.3. The van der Waals surface area contributed by atoms with Gasteiger partial charge in [-0.1, -0.05) is 68.5 Å². The smallest absolute Gasteiger partial charge is 0.122 e. The Kier molecular flexibility index (Phi) is 9.46. The lowest BCUT2D eigenvalue weighted by Crippen LogP contribution is -2.11. The molecule has 0 bridgehead atoms. The molecule has 2 aromatic carbocycles. The summed E-state index contributed by atoms with van der Waals surface area (Å²) in [7, 11) is 0. The Hall–Kier alpha value is -2.28. The van der Waals surface area contributed by atoms with Gasteiger partial charge in [0.05, 0.1) is 0 Å². The first-order chi connectivity index (χ1) is 15.2. The molecule has 1 nitrogen and oxygen atoms in total. The highest BCUT2D eigenvalue weighted by Crippen LogP contribution is 2.36. The zero-order valence-electron chi connectivity index (χ0n) is 19.5. The molecule has 166 valence electrons. The Balaban J connectivity index is 1.44. The molecule has 1 fully saturated rings. The van der Waals surface area contributed by atoms with Crippen molar-refractivity contribution in [3.8, 4) is 5.75 Å². The third kappa shape index (κ3) is 7.13. The second-order valence-electron chi connectivity index (χ2n) is 9.09. The molecule has 0 saturated heterocycles. The normalized spacial score (nSPS) is 18.5. The van der Waals surface area contributed by atoms with E-state index < -0.39 is 0 Å². The highest BCUT2D eigenvalue weighted by Gasteiger charge is 2.20. The third-order valence-corrected chi connectivity index (χ3v) is 6.74. The van der Waals surface area contributed by atoms with Crippen LogP contribution in [0.4, 0.5) is 0 Å². The standard InChI is InChI=1S/C30H40O/c1-4-9-29-23-26(16-21-30(29)31-22-5-2)11-8-7-10-25-14-19-28(20-15-25)27-17-12-24(6-3)13-18-27/h5-6,14-16,19-21,23-24,27H,2-4,7-13,17-18,22H2,1H3/t24-,27-. The summed E-state index contributed by atoms with van der Waals surface area (Å²) >= 11 is 0. The van der Waals surface area contributed by atoms with Crippen molar-refractivity contribution in [2.75, 3.05) is 6.61 Å². The molecular weight excluding hydrogens is 376 g/mol. The van der Waals surface area contributed by atoms with Gasteiger partial charge in [-0.2, -0.15) is 0 Å². The number of rotatable bonds is 12. The molecule has 3 rings (SSSR count). The Morgan fingerprint density at radius 2 is 1.55 bits per heavy atom. The molecule has 0 spiro atoms. The van der Waals surface area contributed by atoms with E-state index in [9.17, 15) is 0 Å². The van der Waals surface area contributed by atoms with Crippen LogP contribution in [0.5, 0.6) is 5.75 Å². The molecule has 2 aromatic rings. The molecule has 1 heteroatoms. The second kappa shape index (κ2) is 12.5. The van der Waals surface area contributed by atoms with Gasteiger partial charge >= 0.3 is 0 Å². The first-order valence-electron chi connectivity index (χ1n) is 12.3. The van der Waals surface area contributed by atoms with E-state index >= 15 is 0 Å². The second-order valence-corrected chi connectivity index (χ2v) is 9.09. The lowest BCUT2D eigenvalue weighted by Gasteiger charge is -2.27. The first kappa shape index (κ1) is 23.4. The van der Waals surface area contributed by atoms with E-state index in [4.69, 9.17) is 4.74 Å². The summed E-state index contributed by atoms with van der Waals surface area (Å²) < 4.78 is 5.82. The number of hydrogen-bond acceptors (Lipinski definition) is 1. The summed E-state index contributed by atoms with van der Waals surface area (Å²) in [6.07, 6.45) is 16.2. The molecule has 0 atom stereocenters. The molecule has 0 unspecified atom stereocenters. The minimum Gasteiger partial charge on any atom is -0.489 e. The predicted molar refractivity (Wildman–Crippen MR) is 134 cm³/mol. The van der Waals surface area contributed by atoms with Crippen molar-refractivity contribution < 1.29 is 4.74 Å². The Labute approximate surface area is 190 Å². The zero-order valence-corrected chi connectivity index (χ0v) is 19.5. The van der Waals surface area contributed by atoms with Gasteiger partial charge in [0.2, 0.25) is 0 Å². The van der Waals surface area contributed by atoms with Crippen molar-refractivity contribution >= 4 is 0 Å². The molecule has 1 aliphatic rings. The van der Waals surface area contributed by atoms with E-state index in [0.29, 0.717) is 6.61 Å². The van der Waals surface area contributed by atoms with Crippen molar-refractivity contribution in [3.63, 3.8) is 0 Å². The molecule has 0 aliphatic heterocycles. The number of unbranched alkanes of at least 4 members (excludes halogenated alkanes) is 1. The van der Waals surface area contributed by atoms with E-state index in [1.54, 1.807) is 0 Å². The SMILES string of the molecule is C=CCOc1ccc(CCCCc2ccc([C@H]3CC[C@H](C=C)CC3)cc2)cc1CCC. The molecule has 0 amide bonds. The number of allylic oxidation sites excluding steroid dienone is 1. The average Bonchev–Trinajstić information content (AvgIpc) is 2.82. The van der Waals surface area contributed by atoms with Crippen LogP contribution in [0.1, 0.15) is 80.0 Å². The van der Waals surface area contributed by atoms with E-state index in [-0.39, 0.29) is 0 Å². The van der Waals surface area contributed by atoms with Crippen LogP contribution in [0, 0.1) is 5.92 Å². The molecule has 1 aliphatic carbocycles. The van der Waals surface area contributed by atoms with Crippen LogP contribution in [0.25, 0.3) is 0 Å². The van der Waals surface area contributed by atoms with E-state index in [1.165, 1.54) is 67.2 Å². The van der Waals surface area contributed by atoms with Crippen LogP contribution in [0.2, 0.25) is 0 Å². The maximum absolute atomic E-state index is 5.82. The minimum absolute atomic E-state index is 0.574. The summed E-state index contributed by atoms with van der Waals surface area (Å²) in [6, 6.07) is 16.2. The molecular formula is C30H40O. The molecule has 1 saturated carbocycles. The van der Waals surface area contributed by atoms with E-state index in [0.717, 1.165) is 36.8 Å². The number of benzene rings is 2. The fourth-order valence-corrected chi connectivity index (χ4v) is 4.85. The lowest BCUT2D eigenvalue weighted by atomic mass is 9.78. The maximum atomic E-state index is 5.82. The summed E-state index contributed by atoms with van der Waals surface area (Å²) in [5.41, 5.74) is 5.77. The Morgan fingerprint density at radius 1 is 0.871 bits per heavy atom. The zero-order chi connectivity index (χ0) is 21.9. The Morgan fingerprint density at radius 3 is 2.19 bits per heavy atom. The highest BCUT2D eigenvalue weighted by atomic mass is 16.5. The molecule has 31 heavy (non-hydrogen) atoms. The molecule has 0 N–H and O–H groups in total. The van der Waals surface area contributed by atoms with Crippen LogP contribution in [-0.4, -0.2) is 6.61 Å². The largest absolute Gasteiger partial charge is 0.489 e.